The molecule has 0 unspecified atom stereocenters. The molecule has 0 amide bonds. The van der Waals surface area contributed by atoms with Crippen molar-refractivity contribution < 1.29 is 35.8 Å². The molecule has 0 aromatic heterocycles. The minimum absolute atomic E-state index is 0.337. The van der Waals surface area contributed by atoms with Gasteiger partial charge in [-0.1, -0.05) is 0 Å². The predicted octanol–water partition coefficient (Wildman–Crippen LogP) is 5.81. The van der Waals surface area contributed by atoms with E-state index in [0.717, 1.165) is 24.3 Å². The molecule has 0 aliphatic rings. The van der Waals surface area contributed by atoms with Crippen molar-refractivity contribution in [1.82, 2.24) is 0 Å². The Morgan fingerprint density at radius 3 is 1.70 bits per heavy atom. The standard InChI is InChI=1S/C17H12F6N2O2/c18-16(19,20)26-14-6-2-12(3-7-14)24-10-1-11-25-13-4-8-15(9-5-13)27-17(21,22)23/h1-11,24H/b10-1+,25-11?. The van der Waals surface area contributed by atoms with Gasteiger partial charge in [0.1, 0.15) is 11.5 Å². The Labute approximate surface area is 149 Å². The monoisotopic (exact) mass is 390 g/mol. The molecule has 0 saturated carbocycles. The Balaban J connectivity index is 1.83. The van der Waals surface area contributed by atoms with E-state index in [-0.39, 0.29) is 11.5 Å². The number of anilines is 1. The minimum atomic E-state index is -4.75. The molecular weight excluding hydrogens is 378 g/mol. The first-order chi connectivity index (χ1) is 12.6. The van der Waals surface area contributed by atoms with Gasteiger partial charge in [0.25, 0.3) is 0 Å². The van der Waals surface area contributed by atoms with Crippen LogP contribution in [0.1, 0.15) is 0 Å². The molecule has 0 aliphatic heterocycles. The summed E-state index contributed by atoms with van der Waals surface area (Å²) >= 11 is 0. The highest BCUT2D eigenvalue weighted by Crippen LogP contribution is 2.25. The van der Waals surface area contributed by atoms with Gasteiger partial charge in [0.15, 0.2) is 0 Å². The van der Waals surface area contributed by atoms with Crippen LogP contribution >= 0.6 is 0 Å². The van der Waals surface area contributed by atoms with Crippen LogP contribution in [-0.4, -0.2) is 18.9 Å². The number of hydrogen-bond acceptors (Lipinski definition) is 4. The first-order valence-electron chi connectivity index (χ1n) is 7.28. The maximum absolute atomic E-state index is 12.0. The lowest BCUT2D eigenvalue weighted by Crippen LogP contribution is -2.16. The number of nitrogens with one attached hydrogen (secondary N) is 1. The van der Waals surface area contributed by atoms with Gasteiger partial charge in [0.05, 0.1) is 5.69 Å². The van der Waals surface area contributed by atoms with Crippen molar-refractivity contribution in [3.8, 4) is 11.5 Å². The van der Waals surface area contributed by atoms with E-state index in [1.165, 1.54) is 42.8 Å². The van der Waals surface area contributed by atoms with E-state index in [0.29, 0.717) is 11.4 Å². The predicted molar refractivity (Wildman–Crippen MR) is 87.2 cm³/mol. The summed E-state index contributed by atoms with van der Waals surface area (Å²) in [5.74, 6) is -0.687. The lowest BCUT2D eigenvalue weighted by Gasteiger charge is -2.09. The number of nitrogens with zero attached hydrogens (tertiary/aromatic N) is 1. The zero-order valence-corrected chi connectivity index (χ0v) is 13.4. The van der Waals surface area contributed by atoms with E-state index < -0.39 is 12.7 Å². The van der Waals surface area contributed by atoms with Crippen molar-refractivity contribution >= 4 is 17.6 Å². The molecule has 0 saturated heterocycles. The molecule has 144 valence electrons. The van der Waals surface area contributed by atoms with Crippen LogP contribution in [0.25, 0.3) is 0 Å². The summed E-state index contributed by atoms with van der Waals surface area (Å²) in [5, 5.41) is 2.80. The summed E-state index contributed by atoms with van der Waals surface area (Å²) in [7, 11) is 0. The fourth-order valence-corrected chi connectivity index (χ4v) is 1.80. The molecular formula is C17H12F6N2O2. The maximum Gasteiger partial charge on any atom is 0.573 e. The third-order valence-corrected chi connectivity index (χ3v) is 2.81. The van der Waals surface area contributed by atoms with Gasteiger partial charge in [-0.05, 0) is 54.6 Å². The molecule has 0 fully saturated rings. The molecule has 4 nitrogen and oxygen atoms in total. The highest BCUT2D eigenvalue weighted by Gasteiger charge is 2.31. The van der Waals surface area contributed by atoms with Crippen LogP contribution < -0.4 is 14.8 Å². The van der Waals surface area contributed by atoms with Gasteiger partial charge in [0.2, 0.25) is 0 Å². The van der Waals surface area contributed by atoms with E-state index in [2.05, 4.69) is 19.8 Å². The Hall–Kier alpha value is -3.17. The average Bonchev–Trinajstić information content (AvgIpc) is 2.55. The summed E-state index contributed by atoms with van der Waals surface area (Å²) in [5.41, 5.74) is 0.922. The maximum atomic E-state index is 12.0. The third kappa shape index (κ3) is 8.17. The lowest BCUT2D eigenvalue weighted by molar-refractivity contribution is -0.275. The molecule has 1 N–H and O–H groups in total. The second-order valence-electron chi connectivity index (χ2n) is 4.90. The van der Waals surface area contributed by atoms with Crippen LogP contribution in [0.5, 0.6) is 11.5 Å². The molecule has 0 spiro atoms. The first-order valence-corrected chi connectivity index (χ1v) is 7.28. The quantitative estimate of drug-likeness (QED) is 0.500. The fourth-order valence-electron chi connectivity index (χ4n) is 1.80. The molecule has 0 aliphatic carbocycles. The van der Waals surface area contributed by atoms with Gasteiger partial charge in [-0.15, -0.1) is 26.3 Å². The molecule has 0 bridgehead atoms. The molecule has 10 heteroatoms. The number of aliphatic imine (C=N–C) groups is 1. The second-order valence-corrected chi connectivity index (χ2v) is 4.90. The van der Waals surface area contributed by atoms with Crippen molar-refractivity contribution in [1.29, 1.82) is 0 Å². The number of alkyl halides is 6. The van der Waals surface area contributed by atoms with Crippen LogP contribution in [-0.2, 0) is 0 Å². The van der Waals surface area contributed by atoms with Gasteiger partial charge in [-0.2, -0.15) is 0 Å². The largest absolute Gasteiger partial charge is 0.573 e. The molecule has 2 aromatic carbocycles. The van der Waals surface area contributed by atoms with E-state index >= 15 is 0 Å². The van der Waals surface area contributed by atoms with E-state index in [4.69, 9.17) is 0 Å². The Bertz CT molecular complexity index is 781. The minimum Gasteiger partial charge on any atom is -0.406 e. The zero-order valence-electron chi connectivity index (χ0n) is 13.4. The summed E-state index contributed by atoms with van der Waals surface area (Å²) in [4.78, 5) is 4.00. The summed E-state index contributed by atoms with van der Waals surface area (Å²) < 4.78 is 79.7. The summed E-state index contributed by atoms with van der Waals surface area (Å²) in [6, 6.07) is 10.0. The van der Waals surface area contributed by atoms with E-state index in [9.17, 15) is 26.3 Å². The first kappa shape index (κ1) is 20.1. The smallest absolute Gasteiger partial charge is 0.406 e. The molecule has 0 radical (unpaired) electrons. The van der Waals surface area contributed by atoms with Crippen LogP contribution in [0, 0.1) is 0 Å². The number of rotatable bonds is 6. The highest BCUT2D eigenvalue weighted by molar-refractivity contribution is 5.75. The van der Waals surface area contributed by atoms with Gasteiger partial charge in [-0.25, -0.2) is 0 Å². The van der Waals surface area contributed by atoms with Crippen molar-refractivity contribution in [2.24, 2.45) is 4.99 Å². The average molecular weight is 390 g/mol. The molecule has 27 heavy (non-hydrogen) atoms. The van der Waals surface area contributed by atoms with Crippen molar-refractivity contribution in [3.05, 3.63) is 60.8 Å². The molecule has 0 atom stereocenters. The number of hydrogen-bond donors (Lipinski definition) is 1. The van der Waals surface area contributed by atoms with Gasteiger partial charge >= 0.3 is 12.7 Å². The Morgan fingerprint density at radius 2 is 1.22 bits per heavy atom. The van der Waals surface area contributed by atoms with E-state index in [1.54, 1.807) is 0 Å². The van der Waals surface area contributed by atoms with Gasteiger partial charge in [0, 0.05) is 18.1 Å². The fraction of sp³-hybridized carbons (Fsp3) is 0.118. The van der Waals surface area contributed by atoms with Gasteiger partial charge in [-0.3, -0.25) is 4.99 Å². The molecule has 2 aromatic rings. The van der Waals surface area contributed by atoms with Crippen molar-refractivity contribution in [2.45, 2.75) is 12.7 Å². The number of halogens is 6. The number of allylic oxidation sites excluding steroid dienone is 1. The molecule has 2 rings (SSSR count). The lowest BCUT2D eigenvalue weighted by atomic mass is 10.3. The zero-order chi connectivity index (χ0) is 19.9. The number of ether oxygens (including phenoxy) is 2. The summed E-state index contributed by atoms with van der Waals surface area (Å²) in [6.45, 7) is 0. The third-order valence-electron chi connectivity index (χ3n) is 2.81. The Morgan fingerprint density at radius 1 is 0.741 bits per heavy atom. The van der Waals surface area contributed by atoms with Crippen molar-refractivity contribution in [2.75, 3.05) is 5.32 Å². The van der Waals surface area contributed by atoms with Gasteiger partial charge < -0.3 is 14.8 Å². The topological polar surface area (TPSA) is 42.8 Å². The highest BCUT2D eigenvalue weighted by atomic mass is 19.4. The normalized spacial score (nSPS) is 12.5. The Kier molecular flexibility index (Phi) is 6.32. The van der Waals surface area contributed by atoms with Crippen molar-refractivity contribution in [3.63, 3.8) is 0 Å². The SMILES string of the molecule is FC(F)(F)Oc1ccc(N=C/C=C/Nc2ccc(OC(F)(F)F)cc2)cc1. The van der Waals surface area contributed by atoms with E-state index in [1.807, 2.05) is 0 Å². The van der Waals surface area contributed by atoms with Crippen LogP contribution in [0.2, 0.25) is 0 Å². The number of benzene rings is 2. The van der Waals surface area contributed by atoms with Crippen LogP contribution in [0.15, 0.2) is 65.8 Å². The second kappa shape index (κ2) is 8.47. The van der Waals surface area contributed by atoms with Crippen LogP contribution in [0.4, 0.5) is 37.7 Å². The van der Waals surface area contributed by atoms with Crippen LogP contribution in [0.3, 0.4) is 0 Å². The molecule has 0 heterocycles. The summed E-state index contributed by atoms with van der Waals surface area (Å²) in [6.07, 6.45) is -5.14.